The van der Waals surface area contributed by atoms with Crippen LogP contribution in [0.25, 0.3) is 33.4 Å². The fraction of sp³-hybridized carbons (Fsp3) is 0.161. The molecule has 6 heteroatoms. The molecular formula is C31H27N5Pd. The summed E-state index contributed by atoms with van der Waals surface area (Å²) in [5.74, 6) is 1.68. The first-order chi connectivity index (χ1) is 17.4. The topological polar surface area (TPSA) is 38.9 Å². The molecule has 0 unspecified atom stereocenters. The van der Waals surface area contributed by atoms with Gasteiger partial charge in [-0.05, 0) is 32.0 Å². The molecular weight excluding hydrogens is 549 g/mol. The van der Waals surface area contributed by atoms with Gasteiger partial charge in [0.25, 0.3) is 0 Å². The van der Waals surface area contributed by atoms with Gasteiger partial charge in [-0.25, -0.2) is 0 Å². The van der Waals surface area contributed by atoms with Gasteiger partial charge in [0.1, 0.15) is 0 Å². The van der Waals surface area contributed by atoms with Crippen molar-refractivity contribution in [2.75, 3.05) is 19.0 Å². The minimum absolute atomic E-state index is 0. The quantitative estimate of drug-likeness (QED) is 0.178. The summed E-state index contributed by atoms with van der Waals surface area (Å²) in [4.78, 5) is 12.4. The number of fused-ring (bicyclic) bond motifs is 2. The van der Waals surface area contributed by atoms with Gasteiger partial charge in [-0.15, -0.1) is 35.0 Å². The van der Waals surface area contributed by atoms with E-state index in [0.717, 1.165) is 50.5 Å². The van der Waals surface area contributed by atoms with Crippen LogP contribution in [0.3, 0.4) is 0 Å². The van der Waals surface area contributed by atoms with E-state index in [9.17, 15) is 0 Å². The Morgan fingerprint density at radius 3 is 1.86 bits per heavy atom. The predicted octanol–water partition coefficient (Wildman–Crippen LogP) is 6.35. The fourth-order valence-electron chi connectivity index (χ4n) is 4.63. The van der Waals surface area contributed by atoms with Gasteiger partial charge in [-0.1, -0.05) is 72.0 Å². The van der Waals surface area contributed by atoms with Gasteiger partial charge in [-0.3, -0.25) is 9.97 Å². The molecule has 0 amide bonds. The van der Waals surface area contributed by atoms with Crippen molar-refractivity contribution >= 4 is 27.5 Å². The van der Waals surface area contributed by atoms with Gasteiger partial charge in [0.15, 0.2) is 0 Å². The van der Waals surface area contributed by atoms with Gasteiger partial charge in [0.05, 0.1) is 11.6 Å². The van der Waals surface area contributed by atoms with Crippen LogP contribution in [0.4, 0.5) is 5.69 Å². The summed E-state index contributed by atoms with van der Waals surface area (Å²) in [5.41, 5.74) is 4.70. The summed E-state index contributed by atoms with van der Waals surface area (Å²) in [5, 5.41) is 2.28. The van der Waals surface area contributed by atoms with Crippen molar-refractivity contribution in [1.82, 2.24) is 19.1 Å². The van der Waals surface area contributed by atoms with Crippen molar-refractivity contribution in [3.05, 3.63) is 115 Å². The molecule has 0 fully saturated rings. The average molecular weight is 576 g/mol. The van der Waals surface area contributed by atoms with Crippen LogP contribution in [0.1, 0.15) is 25.2 Å². The van der Waals surface area contributed by atoms with Crippen LogP contribution in [-0.4, -0.2) is 33.2 Å². The number of para-hydroxylation sites is 2. The summed E-state index contributed by atoms with van der Waals surface area (Å²) >= 11 is 0. The van der Waals surface area contributed by atoms with E-state index in [2.05, 4.69) is 93.8 Å². The Kier molecular flexibility index (Phi) is 6.49. The second-order valence-electron chi connectivity index (χ2n) is 9.80. The predicted molar refractivity (Wildman–Crippen MR) is 146 cm³/mol. The third-order valence-corrected chi connectivity index (χ3v) is 6.84. The first-order valence-electron chi connectivity index (χ1n) is 12.1. The van der Waals surface area contributed by atoms with E-state index >= 15 is 0 Å². The molecule has 6 rings (SSSR count). The fourth-order valence-corrected chi connectivity index (χ4v) is 4.63. The second-order valence-corrected chi connectivity index (χ2v) is 9.80. The summed E-state index contributed by atoms with van der Waals surface area (Å²) in [6, 6.07) is 31.0. The molecule has 6 aromatic rings. The van der Waals surface area contributed by atoms with Gasteiger partial charge >= 0.3 is 20.4 Å². The van der Waals surface area contributed by atoms with Crippen LogP contribution >= 0.6 is 0 Å². The maximum atomic E-state index is 5.15. The molecule has 0 aliphatic rings. The van der Waals surface area contributed by atoms with E-state index in [1.807, 2.05) is 51.6 Å². The van der Waals surface area contributed by atoms with Crippen LogP contribution in [0.15, 0.2) is 91.0 Å². The van der Waals surface area contributed by atoms with Crippen LogP contribution < -0.4 is 4.90 Å². The van der Waals surface area contributed by atoms with Crippen LogP contribution in [0.5, 0.6) is 0 Å². The van der Waals surface area contributed by atoms with E-state index in [4.69, 9.17) is 9.97 Å². The summed E-state index contributed by atoms with van der Waals surface area (Å²) in [6.45, 7) is 4.36. The summed E-state index contributed by atoms with van der Waals surface area (Å²) in [7, 11) is 4.11. The van der Waals surface area contributed by atoms with Gasteiger partial charge in [-0.2, -0.15) is 0 Å². The molecule has 0 saturated carbocycles. The molecule has 0 atom stereocenters. The molecule has 5 nitrogen and oxygen atoms in total. The first-order valence-corrected chi connectivity index (χ1v) is 12.1. The second kappa shape index (κ2) is 9.63. The average Bonchev–Trinajstić information content (AvgIpc) is 3.53. The maximum absolute atomic E-state index is 5.15. The van der Waals surface area contributed by atoms with Crippen LogP contribution in [-0.2, 0) is 25.8 Å². The Balaban J connectivity index is 0.00000280. The molecule has 0 saturated heterocycles. The molecule has 4 heterocycles. The van der Waals surface area contributed by atoms with Crippen molar-refractivity contribution in [3.8, 4) is 11.6 Å². The SMILES string of the molecule is CN(C)c1cc(-n2[c-]cc3ccccc32)nc(C(C)(C)c2cccc(-n3[c-]cc4ccccc43)n2)c1.[Pd+2]. The third kappa shape index (κ3) is 4.37. The van der Waals surface area contributed by atoms with Gasteiger partial charge in [0, 0.05) is 36.6 Å². The Morgan fingerprint density at radius 1 is 0.676 bits per heavy atom. The molecule has 37 heavy (non-hydrogen) atoms. The Morgan fingerprint density at radius 2 is 1.24 bits per heavy atom. The van der Waals surface area contributed by atoms with E-state index in [-0.39, 0.29) is 20.4 Å². The zero-order chi connectivity index (χ0) is 24.9. The zero-order valence-electron chi connectivity index (χ0n) is 21.2. The van der Waals surface area contributed by atoms with E-state index < -0.39 is 5.41 Å². The molecule has 2 aromatic carbocycles. The number of anilines is 1. The maximum Gasteiger partial charge on any atom is 2.00 e. The Labute approximate surface area is 231 Å². The van der Waals surface area contributed by atoms with Crippen molar-refractivity contribution in [1.29, 1.82) is 0 Å². The summed E-state index contributed by atoms with van der Waals surface area (Å²) < 4.78 is 4.05. The Bertz CT molecular complexity index is 1710. The van der Waals surface area contributed by atoms with Crippen LogP contribution in [0.2, 0.25) is 0 Å². The van der Waals surface area contributed by atoms with E-state index in [1.165, 1.54) is 0 Å². The van der Waals surface area contributed by atoms with Crippen molar-refractivity contribution in [2.45, 2.75) is 19.3 Å². The molecule has 0 N–H and O–H groups in total. The normalized spacial score (nSPS) is 11.6. The number of hydrogen-bond acceptors (Lipinski definition) is 3. The van der Waals surface area contributed by atoms with Gasteiger partial charge in [0.2, 0.25) is 0 Å². The number of benzene rings is 2. The number of aromatic nitrogens is 4. The molecule has 0 aliphatic carbocycles. The van der Waals surface area contributed by atoms with Crippen molar-refractivity contribution in [3.63, 3.8) is 0 Å². The van der Waals surface area contributed by atoms with E-state index in [0.29, 0.717) is 0 Å². The molecule has 0 spiro atoms. The Hall–Kier alpha value is -3.72. The van der Waals surface area contributed by atoms with Crippen molar-refractivity contribution < 1.29 is 20.4 Å². The number of rotatable bonds is 5. The first kappa shape index (κ1) is 25.0. The number of hydrogen-bond donors (Lipinski definition) is 0. The number of nitrogens with zero attached hydrogens (tertiary/aromatic N) is 5. The third-order valence-electron chi connectivity index (χ3n) is 6.84. The van der Waals surface area contributed by atoms with Crippen molar-refractivity contribution in [2.24, 2.45) is 0 Å². The molecule has 0 aliphatic heterocycles. The molecule has 186 valence electrons. The zero-order valence-corrected chi connectivity index (χ0v) is 22.8. The largest absolute Gasteiger partial charge is 2.00 e. The van der Waals surface area contributed by atoms with Crippen LogP contribution in [0, 0.1) is 12.4 Å². The summed E-state index contributed by atoms with van der Waals surface area (Å²) in [6.07, 6.45) is 6.71. The minimum Gasteiger partial charge on any atom is -0.429 e. The standard InChI is InChI=1S/C31H27N5.Pd/c1-31(2,27-14-9-15-29(32-27)35-18-16-22-10-5-7-12-25(22)35)28-20-24(34(3)4)21-30(33-28)36-19-17-23-11-6-8-13-26(23)36;/h5-17,20-21H,1-4H3;/q-2;+2. The number of pyridine rings is 2. The molecule has 4 aromatic heterocycles. The molecule has 0 radical (unpaired) electrons. The monoisotopic (exact) mass is 575 g/mol. The minimum atomic E-state index is -0.442. The smallest absolute Gasteiger partial charge is 0.429 e. The van der Waals surface area contributed by atoms with Gasteiger partial charge < -0.3 is 14.0 Å². The molecule has 0 bridgehead atoms. The van der Waals surface area contributed by atoms with E-state index in [1.54, 1.807) is 0 Å².